The molecule has 1 atom stereocenters. The third kappa shape index (κ3) is 6.53. The number of ether oxygens (including phenoxy) is 1. The number of halogens is 1. The molecule has 0 saturated carbocycles. The maximum Gasteiger partial charge on any atom is 0.191 e. The number of hydrogen-bond donors (Lipinski definition) is 1. The SMILES string of the molecule is I.NC(=NCCCC1CCCCO1)N1CCSCC1. The number of thioether (sulfide) groups is 1. The van der Waals surface area contributed by atoms with E-state index in [4.69, 9.17) is 10.5 Å². The van der Waals surface area contributed by atoms with Crippen LogP contribution in [0.1, 0.15) is 32.1 Å². The van der Waals surface area contributed by atoms with Crippen molar-refractivity contribution < 1.29 is 4.74 Å². The van der Waals surface area contributed by atoms with E-state index in [1.54, 1.807) is 0 Å². The molecule has 1 unspecified atom stereocenters. The van der Waals surface area contributed by atoms with Gasteiger partial charge in [0.15, 0.2) is 5.96 Å². The Bertz CT molecular complexity index is 267. The summed E-state index contributed by atoms with van der Waals surface area (Å²) in [5.41, 5.74) is 6.00. The molecule has 0 spiro atoms. The molecule has 0 aliphatic carbocycles. The zero-order valence-corrected chi connectivity index (χ0v) is 14.7. The summed E-state index contributed by atoms with van der Waals surface area (Å²) in [7, 11) is 0. The third-order valence-corrected chi connectivity index (χ3v) is 4.51. The van der Waals surface area contributed by atoms with Crippen LogP contribution in [0.4, 0.5) is 0 Å². The van der Waals surface area contributed by atoms with Gasteiger partial charge in [0.2, 0.25) is 0 Å². The summed E-state index contributed by atoms with van der Waals surface area (Å²) in [6.07, 6.45) is 6.47. The van der Waals surface area contributed by atoms with Gasteiger partial charge in [0.1, 0.15) is 0 Å². The predicted molar refractivity (Wildman–Crippen MR) is 93.6 cm³/mol. The van der Waals surface area contributed by atoms with E-state index >= 15 is 0 Å². The van der Waals surface area contributed by atoms with E-state index in [1.165, 1.54) is 30.8 Å². The summed E-state index contributed by atoms with van der Waals surface area (Å²) in [4.78, 5) is 6.69. The van der Waals surface area contributed by atoms with E-state index in [-0.39, 0.29) is 24.0 Å². The van der Waals surface area contributed by atoms with Crippen LogP contribution < -0.4 is 5.73 Å². The molecular formula is C13H26IN3OS. The van der Waals surface area contributed by atoms with Gasteiger partial charge in [-0.15, -0.1) is 24.0 Å². The molecule has 2 rings (SSSR count). The highest BCUT2D eigenvalue weighted by Crippen LogP contribution is 2.16. The molecule has 2 N–H and O–H groups in total. The normalized spacial score (nSPS) is 24.9. The monoisotopic (exact) mass is 399 g/mol. The van der Waals surface area contributed by atoms with Gasteiger partial charge in [-0.2, -0.15) is 11.8 Å². The first kappa shape index (κ1) is 17.4. The molecular weight excluding hydrogens is 373 g/mol. The Kier molecular flexibility index (Phi) is 9.23. The Balaban J connectivity index is 0.00000180. The van der Waals surface area contributed by atoms with Crippen LogP contribution in [0.2, 0.25) is 0 Å². The summed E-state index contributed by atoms with van der Waals surface area (Å²) >= 11 is 1.99. The molecule has 2 heterocycles. The second-order valence-corrected chi connectivity index (χ2v) is 6.19. The highest BCUT2D eigenvalue weighted by atomic mass is 127. The van der Waals surface area contributed by atoms with Crippen molar-refractivity contribution in [2.45, 2.75) is 38.2 Å². The van der Waals surface area contributed by atoms with Crippen LogP contribution in [-0.4, -0.2) is 54.7 Å². The van der Waals surface area contributed by atoms with Gasteiger partial charge in [-0.1, -0.05) is 0 Å². The standard InChI is InChI=1S/C13H25N3OS.HI/c14-13(16-7-10-18-11-8-16)15-6-3-5-12-4-1-2-9-17-12;/h12H,1-11H2,(H2,14,15);1H. The molecule has 19 heavy (non-hydrogen) atoms. The van der Waals surface area contributed by atoms with Crippen LogP contribution in [0.3, 0.4) is 0 Å². The van der Waals surface area contributed by atoms with Gasteiger partial charge in [-0.3, -0.25) is 4.99 Å². The fourth-order valence-corrected chi connectivity index (χ4v) is 3.34. The lowest BCUT2D eigenvalue weighted by Gasteiger charge is -2.27. The molecule has 0 radical (unpaired) electrons. The number of guanidine groups is 1. The summed E-state index contributed by atoms with van der Waals surface area (Å²) in [6.45, 7) is 3.88. The van der Waals surface area contributed by atoms with E-state index in [1.807, 2.05) is 11.8 Å². The molecule has 2 aliphatic rings. The molecule has 4 nitrogen and oxygen atoms in total. The smallest absolute Gasteiger partial charge is 0.191 e. The zero-order valence-electron chi connectivity index (χ0n) is 11.6. The van der Waals surface area contributed by atoms with E-state index in [0.29, 0.717) is 6.10 Å². The van der Waals surface area contributed by atoms with E-state index < -0.39 is 0 Å². The second kappa shape index (κ2) is 10.1. The average Bonchev–Trinajstić information content (AvgIpc) is 2.45. The predicted octanol–water partition coefficient (Wildman–Crippen LogP) is 2.32. The van der Waals surface area contributed by atoms with Gasteiger partial charge in [0, 0.05) is 37.7 Å². The molecule has 112 valence electrons. The van der Waals surface area contributed by atoms with Crippen LogP contribution in [0.25, 0.3) is 0 Å². The van der Waals surface area contributed by atoms with Crippen molar-refractivity contribution in [3.8, 4) is 0 Å². The first-order chi connectivity index (χ1) is 8.86. The van der Waals surface area contributed by atoms with Gasteiger partial charge < -0.3 is 15.4 Å². The largest absolute Gasteiger partial charge is 0.378 e. The fraction of sp³-hybridized carbons (Fsp3) is 0.923. The maximum atomic E-state index is 6.00. The van der Waals surface area contributed by atoms with Crippen molar-refractivity contribution in [1.29, 1.82) is 0 Å². The van der Waals surface area contributed by atoms with Crippen LogP contribution in [-0.2, 0) is 4.74 Å². The Labute approximate surface area is 137 Å². The van der Waals surface area contributed by atoms with Gasteiger partial charge in [-0.25, -0.2) is 0 Å². The second-order valence-electron chi connectivity index (χ2n) is 4.97. The molecule has 0 aromatic carbocycles. The van der Waals surface area contributed by atoms with Crippen molar-refractivity contribution in [3.05, 3.63) is 0 Å². The first-order valence-corrected chi connectivity index (χ1v) is 8.26. The Morgan fingerprint density at radius 3 is 2.79 bits per heavy atom. The summed E-state index contributed by atoms with van der Waals surface area (Å²) < 4.78 is 5.71. The topological polar surface area (TPSA) is 50.9 Å². The highest BCUT2D eigenvalue weighted by molar-refractivity contribution is 14.0. The average molecular weight is 399 g/mol. The number of aliphatic imine (C=N–C) groups is 1. The van der Waals surface area contributed by atoms with Crippen molar-refractivity contribution in [3.63, 3.8) is 0 Å². The molecule has 6 heteroatoms. The van der Waals surface area contributed by atoms with Crippen molar-refractivity contribution >= 4 is 41.7 Å². The minimum absolute atomic E-state index is 0. The third-order valence-electron chi connectivity index (χ3n) is 3.57. The number of hydrogen-bond acceptors (Lipinski definition) is 3. The molecule has 2 aliphatic heterocycles. The molecule has 2 fully saturated rings. The Morgan fingerprint density at radius 1 is 1.32 bits per heavy atom. The minimum atomic E-state index is 0. The molecule has 0 aromatic rings. The van der Waals surface area contributed by atoms with Crippen LogP contribution >= 0.6 is 35.7 Å². The van der Waals surface area contributed by atoms with Gasteiger partial charge in [0.25, 0.3) is 0 Å². The number of nitrogens with two attached hydrogens (primary N) is 1. The number of nitrogens with zero attached hydrogens (tertiary/aromatic N) is 2. The van der Waals surface area contributed by atoms with Crippen LogP contribution in [0.5, 0.6) is 0 Å². The molecule has 0 amide bonds. The van der Waals surface area contributed by atoms with Crippen molar-refractivity contribution in [2.24, 2.45) is 10.7 Å². The van der Waals surface area contributed by atoms with Gasteiger partial charge in [0.05, 0.1) is 6.10 Å². The van der Waals surface area contributed by atoms with E-state index in [9.17, 15) is 0 Å². The first-order valence-electron chi connectivity index (χ1n) is 7.10. The lowest BCUT2D eigenvalue weighted by atomic mass is 10.1. The zero-order chi connectivity index (χ0) is 12.6. The quantitative estimate of drug-likeness (QED) is 0.341. The fourth-order valence-electron chi connectivity index (χ4n) is 2.44. The van der Waals surface area contributed by atoms with Crippen LogP contribution in [0, 0.1) is 0 Å². The maximum absolute atomic E-state index is 6.00. The van der Waals surface area contributed by atoms with Crippen molar-refractivity contribution in [1.82, 2.24) is 4.90 Å². The van der Waals surface area contributed by atoms with E-state index in [2.05, 4.69) is 9.89 Å². The minimum Gasteiger partial charge on any atom is -0.378 e. The van der Waals surface area contributed by atoms with Gasteiger partial charge in [-0.05, 0) is 32.1 Å². The van der Waals surface area contributed by atoms with Crippen molar-refractivity contribution in [2.75, 3.05) is 37.7 Å². The van der Waals surface area contributed by atoms with E-state index in [0.717, 1.165) is 45.0 Å². The van der Waals surface area contributed by atoms with Crippen LogP contribution in [0.15, 0.2) is 4.99 Å². The van der Waals surface area contributed by atoms with Gasteiger partial charge >= 0.3 is 0 Å². The summed E-state index contributed by atoms with van der Waals surface area (Å²) in [5, 5.41) is 0. The Morgan fingerprint density at radius 2 is 2.11 bits per heavy atom. The highest BCUT2D eigenvalue weighted by Gasteiger charge is 2.14. The molecule has 2 saturated heterocycles. The number of rotatable bonds is 4. The summed E-state index contributed by atoms with van der Waals surface area (Å²) in [6, 6.07) is 0. The molecule has 0 bridgehead atoms. The lowest BCUT2D eigenvalue weighted by Crippen LogP contribution is -2.42. The molecule has 0 aromatic heterocycles. The lowest BCUT2D eigenvalue weighted by molar-refractivity contribution is 0.0105. The Hall–Kier alpha value is 0.310. The summed E-state index contributed by atoms with van der Waals surface area (Å²) in [5.74, 6) is 3.08.